The van der Waals surface area contributed by atoms with Crippen molar-refractivity contribution in [3.05, 3.63) is 54.2 Å². The van der Waals surface area contributed by atoms with Crippen LogP contribution in [0.15, 0.2) is 47.4 Å². The van der Waals surface area contributed by atoms with Gasteiger partial charge in [0.1, 0.15) is 0 Å². The molecule has 0 bridgehead atoms. The molecule has 2 aliphatic rings. The number of pyridine rings is 1. The first-order chi connectivity index (χ1) is 12.3. The third-order valence-corrected chi connectivity index (χ3v) is 5.12. The number of nitrogens with one attached hydrogen (secondary N) is 1. The van der Waals surface area contributed by atoms with Crippen molar-refractivity contribution in [1.82, 2.24) is 15.2 Å². The number of likely N-dealkylation sites (tertiary alicyclic amines) is 1. The van der Waals surface area contributed by atoms with E-state index in [9.17, 15) is 4.79 Å². The summed E-state index contributed by atoms with van der Waals surface area (Å²) in [4.78, 5) is 19.3. The summed E-state index contributed by atoms with van der Waals surface area (Å²) < 4.78 is 11.1. The average molecular weight is 341 g/mol. The molecule has 2 aromatic rings. The molecular formula is C19H23N3O3. The minimum absolute atomic E-state index is 0.0602. The van der Waals surface area contributed by atoms with Gasteiger partial charge in [-0.3, -0.25) is 14.7 Å². The number of carbonyl (C=O) groups excluding carboxylic acids is 1. The quantitative estimate of drug-likeness (QED) is 0.901. The Hall–Kier alpha value is -2.18. The maximum Gasteiger partial charge on any atom is 0.224 e. The lowest BCUT2D eigenvalue weighted by Crippen LogP contribution is -2.52. The summed E-state index contributed by atoms with van der Waals surface area (Å²) in [5.74, 6) is 0.0201. The molecule has 0 unspecified atom stereocenters. The summed E-state index contributed by atoms with van der Waals surface area (Å²) in [6.45, 7) is 2.79. The number of amides is 1. The zero-order valence-electron chi connectivity index (χ0n) is 14.1. The van der Waals surface area contributed by atoms with E-state index in [-0.39, 0.29) is 17.9 Å². The fourth-order valence-electron chi connectivity index (χ4n) is 3.87. The van der Waals surface area contributed by atoms with Crippen LogP contribution in [0.25, 0.3) is 0 Å². The van der Waals surface area contributed by atoms with E-state index >= 15 is 0 Å². The fourth-order valence-corrected chi connectivity index (χ4v) is 3.87. The lowest BCUT2D eigenvalue weighted by Gasteiger charge is -2.40. The summed E-state index contributed by atoms with van der Waals surface area (Å²) in [5.41, 5.74) is 2.01. The number of piperidine rings is 1. The van der Waals surface area contributed by atoms with Gasteiger partial charge in [-0.15, -0.1) is 0 Å². The van der Waals surface area contributed by atoms with Crippen molar-refractivity contribution < 1.29 is 13.9 Å². The van der Waals surface area contributed by atoms with Crippen LogP contribution in [0.5, 0.6) is 0 Å². The van der Waals surface area contributed by atoms with Gasteiger partial charge < -0.3 is 14.5 Å². The first-order valence-electron chi connectivity index (χ1n) is 8.84. The normalized spacial score (nSPS) is 26.3. The molecule has 6 heteroatoms. The minimum atomic E-state index is -0.0602. The van der Waals surface area contributed by atoms with Gasteiger partial charge in [0.2, 0.25) is 5.91 Å². The molecular weight excluding hydrogens is 318 g/mol. The lowest BCUT2D eigenvalue weighted by molar-refractivity contribution is -0.130. The van der Waals surface area contributed by atoms with Crippen LogP contribution >= 0.6 is 0 Å². The van der Waals surface area contributed by atoms with Crippen molar-refractivity contribution in [3.8, 4) is 0 Å². The topological polar surface area (TPSA) is 67.6 Å². The van der Waals surface area contributed by atoms with Gasteiger partial charge in [0, 0.05) is 37.5 Å². The maximum absolute atomic E-state index is 12.7. The molecule has 0 saturated carbocycles. The standard InChI is InChI=1S/C19H23N3O3/c23-19(21-10-16-3-1-2-6-20-16)15-9-18-17(5-8-25-18)22(12-15)11-14-4-7-24-13-14/h1-4,6-7,13,15,17-18H,5,8-12H2,(H,21,23)/t15-,17-,18-/m1/s1. The van der Waals surface area contributed by atoms with Crippen LogP contribution in [-0.2, 0) is 22.6 Å². The Balaban J connectivity index is 1.40. The summed E-state index contributed by atoms with van der Waals surface area (Å²) >= 11 is 0. The predicted molar refractivity (Wildman–Crippen MR) is 91.5 cm³/mol. The van der Waals surface area contributed by atoms with Gasteiger partial charge in [-0.05, 0) is 31.0 Å². The summed E-state index contributed by atoms with van der Waals surface area (Å²) in [7, 11) is 0. The lowest BCUT2D eigenvalue weighted by atomic mass is 9.89. The summed E-state index contributed by atoms with van der Waals surface area (Å²) in [5, 5.41) is 3.03. The van der Waals surface area contributed by atoms with Gasteiger partial charge in [0.05, 0.1) is 36.8 Å². The fraction of sp³-hybridized carbons (Fsp3) is 0.474. The Bertz CT molecular complexity index is 689. The first kappa shape index (κ1) is 16.3. The molecule has 1 amide bonds. The highest BCUT2D eigenvalue weighted by Gasteiger charge is 2.42. The van der Waals surface area contributed by atoms with E-state index in [0.29, 0.717) is 12.6 Å². The van der Waals surface area contributed by atoms with Gasteiger partial charge in [-0.2, -0.15) is 0 Å². The maximum atomic E-state index is 12.7. The van der Waals surface area contributed by atoms with Gasteiger partial charge in [-0.25, -0.2) is 0 Å². The first-order valence-corrected chi connectivity index (χ1v) is 8.84. The zero-order valence-corrected chi connectivity index (χ0v) is 14.1. The molecule has 4 rings (SSSR count). The molecule has 2 saturated heterocycles. The molecule has 1 N–H and O–H groups in total. The molecule has 0 spiro atoms. The number of carbonyl (C=O) groups is 1. The van der Waals surface area contributed by atoms with Crippen LogP contribution in [0.3, 0.4) is 0 Å². The highest BCUT2D eigenvalue weighted by atomic mass is 16.5. The second-order valence-electron chi connectivity index (χ2n) is 6.80. The number of aromatic nitrogens is 1. The number of hydrogen-bond acceptors (Lipinski definition) is 5. The van der Waals surface area contributed by atoms with Crippen molar-refractivity contribution in [2.24, 2.45) is 5.92 Å². The van der Waals surface area contributed by atoms with Crippen molar-refractivity contribution in [1.29, 1.82) is 0 Å². The van der Waals surface area contributed by atoms with Crippen LogP contribution < -0.4 is 5.32 Å². The third-order valence-electron chi connectivity index (χ3n) is 5.12. The Labute approximate surface area is 147 Å². The van der Waals surface area contributed by atoms with Crippen LogP contribution in [-0.4, -0.2) is 41.1 Å². The second-order valence-corrected chi connectivity index (χ2v) is 6.80. The van der Waals surface area contributed by atoms with E-state index in [1.807, 2.05) is 24.3 Å². The van der Waals surface area contributed by atoms with Crippen molar-refractivity contribution in [3.63, 3.8) is 0 Å². The van der Waals surface area contributed by atoms with Crippen molar-refractivity contribution >= 4 is 5.91 Å². The number of hydrogen-bond donors (Lipinski definition) is 1. The molecule has 2 aliphatic heterocycles. The Morgan fingerprint density at radius 2 is 2.32 bits per heavy atom. The molecule has 132 valence electrons. The molecule has 3 atom stereocenters. The Kier molecular flexibility index (Phi) is 4.81. The summed E-state index contributed by atoms with van der Waals surface area (Å²) in [6, 6.07) is 8.10. The predicted octanol–water partition coefficient (Wildman–Crippen LogP) is 1.97. The molecule has 0 aromatic carbocycles. The average Bonchev–Trinajstić information content (AvgIpc) is 3.32. The molecule has 6 nitrogen and oxygen atoms in total. The molecule has 4 heterocycles. The monoisotopic (exact) mass is 341 g/mol. The second kappa shape index (κ2) is 7.37. The Morgan fingerprint density at radius 1 is 1.36 bits per heavy atom. The SMILES string of the molecule is O=C(NCc1ccccn1)[C@@H]1C[C@H]2OCC[C@H]2N(Cc2ccoc2)C1. The van der Waals surface area contributed by atoms with Crippen LogP contribution in [0, 0.1) is 5.92 Å². The highest BCUT2D eigenvalue weighted by Crippen LogP contribution is 2.32. The minimum Gasteiger partial charge on any atom is -0.472 e. The smallest absolute Gasteiger partial charge is 0.224 e. The highest BCUT2D eigenvalue weighted by molar-refractivity contribution is 5.79. The van der Waals surface area contributed by atoms with Crippen molar-refractivity contribution in [2.45, 2.75) is 38.1 Å². The van der Waals surface area contributed by atoms with Gasteiger partial charge in [0.25, 0.3) is 0 Å². The van der Waals surface area contributed by atoms with E-state index in [0.717, 1.165) is 43.8 Å². The molecule has 0 radical (unpaired) electrons. The van der Waals surface area contributed by atoms with Gasteiger partial charge in [0.15, 0.2) is 0 Å². The van der Waals surface area contributed by atoms with Gasteiger partial charge in [-0.1, -0.05) is 6.07 Å². The number of furan rings is 1. The van der Waals surface area contributed by atoms with E-state index in [1.54, 1.807) is 18.7 Å². The van der Waals surface area contributed by atoms with Crippen LogP contribution in [0.2, 0.25) is 0 Å². The van der Waals surface area contributed by atoms with E-state index < -0.39 is 0 Å². The summed E-state index contributed by atoms with van der Waals surface area (Å²) in [6.07, 6.45) is 7.18. The zero-order chi connectivity index (χ0) is 17.1. The molecule has 2 fully saturated rings. The molecule has 0 aliphatic carbocycles. The molecule has 25 heavy (non-hydrogen) atoms. The Morgan fingerprint density at radius 3 is 3.12 bits per heavy atom. The van der Waals surface area contributed by atoms with E-state index in [1.165, 1.54) is 0 Å². The van der Waals surface area contributed by atoms with E-state index in [2.05, 4.69) is 15.2 Å². The number of fused-ring (bicyclic) bond motifs is 1. The van der Waals surface area contributed by atoms with E-state index in [4.69, 9.17) is 9.15 Å². The van der Waals surface area contributed by atoms with Gasteiger partial charge >= 0.3 is 0 Å². The number of ether oxygens (including phenoxy) is 1. The van der Waals surface area contributed by atoms with Crippen LogP contribution in [0.4, 0.5) is 0 Å². The number of nitrogens with zero attached hydrogens (tertiary/aromatic N) is 2. The van der Waals surface area contributed by atoms with Crippen molar-refractivity contribution in [2.75, 3.05) is 13.2 Å². The number of rotatable bonds is 5. The largest absolute Gasteiger partial charge is 0.472 e. The third kappa shape index (κ3) is 3.75. The van der Waals surface area contributed by atoms with Crippen LogP contribution in [0.1, 0.15) is 24.1 Å². The molecule has 2 aromatic heterocycles.